The first kappa shape index (κ1) is 21.4. The molecule has 0 fully saturated rings. The van der Waals surface area contributed by atoms with E-state index in [1.165, 1.54) is 12.1 Å². The summed E-state index contributed by atoms with van der Waals surface area (Å²) in [6.45, 7) is 5.79. The number of amides is 2. The van der Waals surface area contributed by atoms with E-state index >= 15 is 0 Å². The summed E-state index contributed by atoms with van der Waals surface area (Å²) in [7, 11) is 0. The van der Waals surface area contributed by atoms with Crippen LogP contribution in [-0.2, 0) is 6.18 Å². The lowest BCUT2D eigenvalue weighted by atomic mass is 10.0. The van der Waals surface area contributed by atoms with E-state index in [4.69, 9.17) is 4.52 Å². The van der Waals surface area contributed by atoms with Crippen molar-refractivity contribution >= 4 is 11.7 Å². The van der Waals surface area contributed by atoms with Crippen molar-refractivity contribution in [1.29, 1.82) is 0 Å². The molecule has 0 spiro atoms. The predicted molar refractivity (Wildman–Crippen MR) is 106 cm³/mol. The number of alkyl halides is 3. The first-order valence-electron chi connectivity index (χ1n) is 9.32. The molecule has 6 nitrogen and oxygen atoms in total. The lowest BCUT2D eigenvalue weighted by molar-refractivity contribution is -0.137. The summed E-state index contributed by atoms with van der Waals surface area (Å²) in [5.41, 5.74) is 1.14. The number of hydrogen-bond acceptors (Lipinski definition) is 4. The quantitative estimate of drug-likeness (QED) is 0.552. The Balaban J connectivity index is 1.65. The van der Waals surface area contributed by atoms with Gasteiger partial charge in [0, 0.05) is 11.3 Å². The SMILES string of the molecule is CC(C)c1ccc(NC(=O)NC(C)c2nc(-c3cccc(C(F)(F)F)c3)no2)cc1. The van der Waals surface area contributed by atoms with Gasteiger partial charge in [-0.15, -0.1) is 0 Å². The minimum atomic E-state index is -4.47. The lowest BCUT2D eigenvalue weighted by Crippen LogP contribution is -2.31. The molecule has 2 N–H and O–H groups in total. The molecule has 1 unspecified atom stereocenters. The summed E-state index contributed by atoms with van der Waals surface area (Å²) in [6.07, 6.45) is -4.47. The molecule has 9 heteroatoms. The fraction of sp³-hybridized carbons (Fsp3) is 0.286. The maximum atomic E-state index is 12.9. The van der Waals surface area contributed by atoms with E-state index in [0.29, 0.717) is 11.6 Å². The third kappa shape index (κ3) is 5.16. The van der Waals surface area contributed by atoms with E-state index < -0.39 is 23.8 Å². The Bertz CT molecular complexity index is 1010. The monoisotopic (exact) mass is 418 g/mol. The van der Waals surface area contributed by atoms with Gasteiger partial charge in [-0.25, -0.2) is 4.79 Å². The topological polar surface area (TPSA) is 80.0 Å². The molecule has 2 amide bonds. The molecule has 0 radical (unpaired) electrons. The lowest BCUT2D eigenvalue weighted by Gasteiger charge is -2.12. The zero-order valence-electron chi connectivity index (χ0n) is 16.6. The molecule has 3 aromatic rings. The van der Waals surface area contributed by atoms with E-state index in [2.05, 4.69) is 34.6 Å². The van der Waals surface area contributed by atoms with Crippen LogP contribution < -0.4 is 10.6 Å². The number of halogens is 3. The maximum Gasteiger partial charge on any atom is 0.416 e. The van der Waals surface area contributed by atoms with Gasteiger partial charge in [0.15, 0.2) is 0 Å². The number of hydrogen-bond donors (Lipinski definition) is 2. The number of aromatic nitrogens is 2. The van der Waals surface area contributed by atoms with E-state index in [-0.39, 0.29) is 17.3 Å². The largest absolute Gasteiger partial charge is 0.416 e. The van der Waals surface area contributed by atoms with Gasteiger partial charge in [0.25, 0.3) is 0 Å². The van der Waals surface area contributed by atoms with Crippen molar-refractivity contribution in [1.82, 2.24) is 15.5 Å². The molecular weight excluding hydrogens is 397 g/mol. The molecule has 0 saturated heterocycles. The average Bonchev–Trinajstić information content (AvgIpc) is 3.18. The van der Waals surface area contributed by atoms with E-state index in [1.54, 1.807) is 19.1 Å². The van der Waals surface area contributed by atoms with Crippen molar-refractivity contribution in [2.45, 2.75) is 38.9 Å². The Kier molecular flexibility index (Phi) is 6.09. The van der Waals surface area contributed by atoms with Crippen LogP contribution >= 0.6 is 0 Å². The molecule has 0 aliphatic rings. The summed E-state index contributed by atoms with van der Waals surface area (Å²) in [4.78, 5) is 16.3. The summed E-state index contributed by atoms with van der Waals surface area (Å²) >= 11 is 0. The van der Waals surface area contributed by atoms with Gasteiger partial charge in [0.2, 0.25) is 11.7 Å². The second-order valence-corrected chi connectivity index (χ2v) is 7.13. The molecule has 0 aliphatic carbocycles. The predicted octanol–water partition coefficient (Wildman–Crippen LogP) is 5.76. The number of urea groups is 1. The van der Waals surface area contributed by atoms with Crippen LogP contribution in [0.1, 0.15) is 49.7 Å². The summed E-state index contributed by atoms with van der Waals surface area (Å²) in [5.74, 6) is 0.471. The van der Waals surface area contributed by atoms with Crippen molar-refractivity contribution in [2.75, 3.05) is 5.32 Å². The van der Waals surface area contributed by atoms with Crippen LogP contribution in [0.3, 0.4) is 0 Å². The highest BCUT2D eigenvalue weighted by atomic mass is 19.4. The van der Waals surface area contributed by atoms with Gasteiger partial charge in [-0.2, -0.15) is 18.2 Å². The molecule has 158 valence electrons. The number of anilines is 1. The highest BCUT2D eigenvalue weighted by Gasteiger charge is 2.31. The fourth-order valence-electron chi connectivity index (χ4n) is 2.74. The van der Waals surface area contributed by atoms with Crippen LogP contribution in [0.15, 0.2) is 53.1 Å². The molecule has 0 saturated carbocycles. The molecule has 0 bridgehead atoms. The van der Waals surface area contributed by atoms with Crippen LogP contribution in [0.25, 0.3) is 11.4 Å². The van der Waals surface area contributed by atoms with Crippen LogP contribution in [0.2, 0.25) is 0 Å². The Hall–Kier alpha value is -3.36. The van der Waals surface area contributed by atoms with E-state index in [9.17, 15) is 18.0 Å². The molecule has 0 aliphatic heterocycles. The third-order valence-corrected chi connectivity index (χ3v) is 4.44. The number of nitrogens with one attached hydrogen (secondary N) is 2. The number of carbonyl (C=O) groups is 1. The van der Waals surface area contributed by atoms with Gasteiger partial charge >= 0.3 is 12.2 Å². The Morgan fingerprint density at radius 1 is 1.07 bits per heavy atom. The zero-order chi connectivity index (χ0) is 21.9. The summed E-state index contributed by atoms with van der Waals surface area (Å²) in [5, 5.41) is 9.09. The van der Waals surface area contributed by atoms with Gasteiger partial charge in [0.05, 0.1) is 5.56 Å². The minimum absolute atomic E-state index is 0.00873. The minimum Gasteiger partial charge on any atom is -0.337 e. The normalized spacial score (nSPS) is 12.6. The highest BCUT2D eigenvalue weighted by Crippen LogP contribution is 2.31. The smallest absolute Gasteiger partial charge is 0.337 e. The molecule has 1 heterocycles. The molecule has 1 atom stereocenters. The molecular formula is C21H21F3N4O2. The van der Waals surface area contributed by atoms with Crippen molar-refractivity contribution in [2.24, 2.45) is 0 Å². The zero-order valence-corrected chi connectivity index (χ0v) is 16.6. The maximum absolute atomic E-state index is 12.9. The number of rotatable bonds is 5. The molecule has 1 aromatic heterocycles. The van der Waals surface area contributed by atoms with Gasteiger partial charge in [0.1, 0.15) is 6.04 Å². The third-order valence-electron chi connectivity index (χ3n) is 4.44. The van der Waals surface area contributed by atoms with Gasteiger partial charge in [-0.3, -0.25) is 0 Å². The van der Waals surface area contributed by atoms with E-state index in [0.717, 1.165) is 17.7 Å². The van der Waals surface area contributed by atoms with Crippen LogP contribution in [0.4, 0.5) is 23.7 Å². The van der Waals surface area contributed by atoms with Crippen LogP contribution in [-0.4, -0.2) is 16.2 Å². The van der Waals surface area contributed by atoms with Crippen LogP contribution in [0.5, 0.6) is 0 Å². The van der Waals surface area contributed by atoms with Gasteiger partial charge in [-0.05, 0) is 42.7 Å². The molecule has 2 aromatic carbocycles. The second kappa shape index (κ2) is 8.56. The van der Waals surface area contributed by atoms with Crippen molar-refractivity contribution < 1.29 is 22.5 Å². The number of carbonyl (C=O) groups excluding carboxylic acids is 1. The highest BCUT2D eigenvalue weighted by molar-refractivity contribution is 5.89. The molecule has 3 rings (SSSR count). The number of benzene rings is 2. The van der Waals surface area contributed by atoms with Crippen LogP contribution in [0, 0.1) is 0 Å². The Labute approximate surface area is 171 Å². The van der Waals surface area contributed by atoms with Crippen molar-refractivity contribution in [3.63, 3.8) is 0 Å². The van der Waals surface area contributed by atoms with E-state index in [1.807, 2.05) is 12.1 Å². The summed E-state index contributed by atoms with van der Waals surface area (Å²) in [6, 6.07) is 11.0. The Morgan fingerprint density at radius 3 is 2.40 bits per heavy atom. The van der Waals surface area contributed by atoms with Crippen molar-refractivity contribution in [3.05, 3.63) is 65.5 Å². The van der Waals surface area contributed by atoms with Crippen molar-refractivity contribution in [3.8, 4) is 11.4 Å². The Morgan fingerprint density at radius 2 is 1.77 bits per heavy atom. The molecule has 30 heavy (non-hydrogen) atoms. The standard InChI is InChI=1S/C21H21F3N4O2/c1-12(2)14-7-9-17(10-8-14)26-20(29)25-13(3)19-27-18(28-30-19)15-5-4-6-16(11-15)21(22,23)24/h4-13H,1-3H3,(H2,25,26,29). The average molecular weight is 418 g/mol. The first-order chi connectivity index (χ1) is 14.1. The first-order valence-corrected chi connectivity index (χ1v) is 9.32. The number of nitrogens with zero attached hydrogens (tertiary/aromatic N) is 2. The fourth-order valence-corrected chi connectivity index (χ4v) is 2.74. The van der Waals surface area contributed by atoms with Gasteiger partial charge < -0.3 is 15.2 Å². The van der Waals surface area contributed by atoms with Gasteiger partial charge in [-0.1, -0.05) is 43.3 Å². The second-order valence-electron chi connectivity index (χ2n) is 7.13. The summed E-state index contributed by atoms with van der Waals surface area (Å²) < 4.78 is 43.8.